The van der Waals surface area contributed by atoms with Crippen molar-refractivity contribution in [3.05, 3.63) is 18.2 Å². The first-order valence-corrected chi connectivity index (χ1v) is 7.36. The Morgan fingerprint density at radius 3 is 2.57 bits per heavy atom. The van der Waals surface area contributed by atoms with Crippen LogP contribution in [-0.4, -0.2) is 62.7 Å². The molecule has 2 aromatic heterocycles. The Bertz CT molecular complexity index is 620. The van der Waals surface area contributed by atoms with Crippen molar-refractivity contribution in [2.24, 2.45) is 5.73 Å². The van der Waals surface area contributed by atoms with Crippen molar-refractivity contribution < 1.29 is 0 Å². The van der Waals surface area contributed by atoms with Crippen LogP contribution < -0.4 is 10.6 Å². The second-order valence-electron chi connectivity index (χ2n) is 6.45. The summed E-state index contributed by atoms with van der Waals surface area (Å²) >= 11 is 0. The monoisotopic (exact) mass is 289 g/mol. The van der Waals surface area contributed by atoms with Crippen LogP contribution in [0, 0.1) is 6.92 Å². The largest absolute Gasteiger partial charge is 0.353 e. The van der Waals surface area contributed by atoms with E-state index in [1.165, 1.54) is 0 Å². The second kappa shape index (κ2) is 5.23. The number of nitrogens with zero attached hydrogens (tertiary/aromatic N) is 6. The van der Waals surface area contributed by atoms with E-state index in [2.05, 4.69) is 38.7 Å². The first-order valence-electron chi connectivity index (χ1n) is 7.36. The number of hydrogen-bond donors (Lipinski definition) is 1. The Balaban J connectivity index is 1.74. The third kappa shape index (κ3) is 3.14. The van der Waals surface area contributed by atoms with Crippen molar-refractivity contribution in [1.82, 2.24) is 24.5 Å². The topological polar surface area (TPSA) is 75.6 Å². The molecule has 0 bridgehead atoms. The van der Waals surface area contributed by atoms with E-state index in [-0.39, 0.29) is 5.54 Å². The number of piperazine rings is 1. The van der Waals surface area contributed by atoms with Crippen LogP contribution in [0.3, 0.4) is 0 Å². The van der Waals surface area contributed by atoms with Gasteiger partial charge in [0.15, 0.2) is 11.5 Å². The van der Waals surface area contributed by atoms with Gasteiger partial charge in [-0.2, -0.15) is 4.52 Å². The summed E-state index contributed by atoms with van der Waals surface area (Å²) in [5, 5.41) is 4.46. The zero-order chi connectivity index (χ0) is 15.0. The molecule has 0 amide bonds. The van der Waals surface area contributed by atoms with Crippen LogP contribution in [-0.2, 0) is 0 Å². The highest BCUT2D eigenvalue weighted by atomic mass is 15.4. The summed E-state index contributed by atoms with van der Waals surface area (Å²) in [4.78, 5) is 13.4. The van der Waals surface area contributed by atoms with E-state index < -0.39 is 0 Å². The summed E-state index contributed by atoms with van der Waals surface area (Å²) in [6.45, 7) is 10.9. The van der Waals surface area contributed by atoms with Crippen molar-refractivity contribution in [1.29, 1.82) is 0 Å². The Morgan fingerprint density at radius 2 is 1.90 bits per heavy atom. The van der Waals surface area contributed by atoms with Gasteiger partial charge in [0.1, 0.15) is 5.82 Å². The molecule has 1 saturated heterocycles. The lowest BCUT2D eigenvalue weighted by atomic mass is 10.1. The molecule has 7 nitrogen and oxygen atoms in total. The predicted molar refractivity (Wildman–Crippen MR) is 82.4 cm³/mol. The molecule has 3 heterocycles. The van der Waals surface area contributed by atoms with Gasteiger partial charge in [-0.05, 0) is 20.8 Å². The Morgan fingerprint density at radius 1 is 1.19 bits per heavy atom. The summed E-state index contributed by atoms with van der Waals surface area (Å²) in [5.41, 5.74) is 6.76. The SMILES string of the molecule is Cc1nc2cncc(N3CCN(CC(C)(C)N)CC3)n2n1. The fraction of sp³-hybridized carbons (Fsp3) is 0.643. The van der Waals surface area contributed by atoms with E-state index in [0.29, 0.717) is 0 Å². The lowest BCUT2D eigenvalue weighted by Crippen LogP contribution is -2.53. The molecule has 0 atom stereocenters. The van der Waals surface area contributed by atoms with Crippen molar-refractivity contribution in [3.8, 4) is 0 Å². The van der Waals surface area contributed by atoms with E-state index in [0.717, 1.165) is 50.0 Å². The summed E-state index contributed by atoms with van der Waals surface area (Å²) in [6, 6.07) is 0. The van der Waals surface area contributed by atoms with Crippen molar-refractivity contribution in [2.75, 3.05) is 37.6 Å². The minimum atomic E-state index is -0.146. The fourth-order valence-electron chi connectivity index (χ4n) is 2.84. The highest BCUT2D eigenvalue weighted by Crippen LogP contribution is 2.17. The van der Waals surface area contributed by atoms with Gasteiger partial charge in [-0.3, -0.25) is 9.88 Å². The summed E-state index contributed by atoms with van der Waals surface area (Å²) in [7, 11) is 0. The van der Waals surface area contributed by atoms with Gasteiger partial charge in [-0.1, -0.05) is 0 Å². The lowest BCUT2D eigenvalue weighted by Gasteiger charge is -2.38. The summed E-state index contributed by atoms with van der Waals surface area (Å²) in [6.07, 6.45) is 3.61. The van der Waals surface area contributed by atoms with Gasteiger partial charge in [0.25, 0.3) is 0 Å². The van der Waals surface area contributed by atoms with Crippen LogP contribution in [0.5, 0.6) is 0 Å². The molecule has 2 aromatic rings. The molecular formula is C14H23N7. The molecule has 114 valence electrons. The third-order valence-corrected chi connectivity index (χ3v) is 3.66. The van der Waals surface area contributed by atoms with Gasteiger partial charge in [-0.25, -0.2) is 4.98 Å². The molecule has 7 heteroatoms. The maximum Gasteiger partial charge on any atom is 0.176 e. The average Bonchev–Trinajstić information content (AvgIpc) is 2.78. The molecule has 2 N–H and O–H groups in total. The average molecular weight is 289 g/mol. The van der Waals surface area contributed by atoms with Gasteiger partial charge >= 0.3 is 0 Å². The number of anilines is 1. The molecule has 0 unspecified atom stereocenters. The van der Waals surface area contributed by atoms with Crippen LogP contribution in [0.25, 0.3) is 5.65 Å². The van der Waals surface area contributed by atoms with E-state index in [4.69, 9.17) is 5.73 Å². The fourth-order valence-corrected chi connectivity index (χ4v) is 2.84. The van der Waals surface area contributed by atoms with Gasteiger partial charge in [0.05, 0.1) is 12.4 Å². The molecule has 1 aliphatic heterocycles. The number of fused-ring (bicyclic) bond motifs is 1. The molecule has 0 saturated carbocycles. The van der Waals surface area contributed by atoms with Gasteiger partial charge in [0.2, 0.25) is 0 Å². The number of hydrogen-bond acceptors (Lipinski definition) is 6. The highest BCUT2D eigenvalue weighted by molar-refractivity contribution is 5.47. The van der Waals surface area contributed by atoms with Crippen LogP contribution in [0.15, 0.2) is 12.4 Å². The maximum absolute atomic E-state index is 6.10. The third-order valence-electron chi connectivity index (χ3n) is 3.66. The molecule has 0 spiro atoms. The van der Waals surface area contributed by atoms with Crippen molar-refractivity contribution >= 4 is 11.5 Å². The molecule has 1 aliphatic rings. The smallest absolute Gasteiger partial charge is 0.176 e. The second-order valence-corrected chi connectivity index (χ2v) is 6.45. The van der Waals surface area contributed by atoms with Gasteiger partial charge in [0, 0.05) is 38.3 Å². The predicted octanol–water partition coefficient (Wildman–Crippen LogP) is 0.292. The molecule has 3 rings (SSSR count). The van der Waals surface area contributed by atoms with E-state index in [1.807, 2.05) is 17.6 Å². The summed E-state index contributed by atoms with van der Waals surface area (Å²) in [5.74, 6) is 1.78. The first-order chi connectivity index (χ1) is 9.92. The van der Waals surface area contributed by atoms with Crippen LogP contribution >= 0.6 is 0 Å². The Hall–Kier alpha value is -1.73. The minimum Gasteiger partial charge on any atom is -0.353 e. The maximum atomic E-state index is 6.10. The van der Waals surface area contributed by atoms with Crippen molar-refractivity contribution in [3.63, 3.8) is 0 Å². The van der Waals surface area contributed by atoms with Crippen LogP contribution in [0.2, 0.25) is 0 Å². The van der Waals surface area contributed by atoms with E-state index in [9.17, 15) is 0 Å². The summed E-state index contributed by atoms with van der Waals surface area (Å²) < 4.78 is 1.88. The highest BCUT2D eigenvalue weighted by Gasteiger charge is 2.23. The molecule has 0 aliphatic carbocycles. The standard InChI is InChI=1S/C14H23N7/c1-11-17-12-8-16-9-13(21(12)18-11)20-6-4-19(5-7-20)10-14(2,3)15/h8-9H,4-7,10,15H2,1-3H3. The van der Waals surface area contributed by atoms with Crippen molar-refractivity contribution in [2.45, 2.75) is 26.3 Å². The molecule has 0 radical (unpaired) electrons. The van der Waals surface area contributed by atoms with Crippen LogP contribution in [0.1, 0.15) is 19.7 Å². The zero-order valence-electron chi connectivity index (χ0n) is 13.0. The normalized spacial score (nSPS) is 17.6. The molecule has 21 heavy (non-hydrogen) atoms. The van der Waals surface area contributed by atoms with Gasteiger partial charge < -0.3 is 10.6 Å². The van der Waals surface area contributed by atoms with E-state index in [1.54, 1.807) is 6.20 Å². The Kier molecular flexibility index (Phi) is 3.54. The quantitative estimate of drug-likeness (QED) is 0.875. The molecule has 0 aromatic carbocycles. The zero-order valence-corrected chi connectivity index (χ0v) is 13.0. The Labute approximate surface area is 124 Å². The number of aryl methyl sites for hydroxylation is 1. The minimum absolute atomic E-state index is 0.146. The number of nitrogens with two attached hydrogens (primary N) is 1. The van der Waals surface area contributed by atoms with E-state index >= 15 is 0 Å². The van der Waals surface area contributed by atoms with Gasteiger partial charge in [-0.15, -0.1) is 5.10 Å². The number of rotatable bonds is 3. The first kappa shape index (κ1) is 14.2. The van der Waals surface area contributed by atoms with Crippen LogP contribution in [0.4, 0.5) is 5.82 Å². The molecular weight excluding hydrogens is 266 g/mol. The molecule has 1 fully saturated rings. The number of aromatic nitrogens is 4. The lowest BCUT2D eigenvalue weighted by molar-refractivity contribution is 0.213.